The molecule has 2 aromatic rings. The van der Waals surface area contributed by atoms with E-state index >= 15 is 0 Å². The highest BCUT2D eigenvalue weighted by Gasteiger charge is 2.20. The van der Waals surface area contributed by atoms with Gasteiger partial charge in [0, 0.05) is 0 Å². The summed E-state index contributed by atoms with van der Waals surface area (Å²) in [5, 5.41) is 47.9. The fourth-order valence-electron chi connectivity index (χ4n) is 2.51. The van der Waals surface area contributed by atoms with Crippen LogP contribution < -0.4 is 14.2 Å². The number of phenols is 1. The van der Waals surface area contributed by atoms with Crippen LogP contribution in [0.4, 0.5) is 0 Å². The second-order valence-corrected chi connectivity index (χ2v) is 5.86. The number of phenolic OH excluding ortho intramolecular Hbond substituents is 1. The molecule has 28 heavy (non-hydrogen) atoms. The number of aliphatic hydroxyl groups excluding tert-OH is 4. The largest absolute Gasteiger partial charge is 0.502 e. The lowest BCUT2D eigenvalue weighted by atomic mass is 10.0. The summed E-state index contributed by atoms with van der Waals surface area (Å²) in [5.74, 6) is 0.561. The average Bonchev–Trinajstić information content (AvgIpc) is 2.73. The first kappa shape index (κ1) is 21.5. The molecule has 0 bridgehead atoms. The van der Waals surface area contributed by atoms with Crippen LogP contribution in [0.25, 0.3) is 6.08 Å². The Balaban J connectivity index is 2.40. The lowest BCUT2D eigenvalue weighted by Gasteiger charge is -2.18. The molecule has 0 aliphatic heterocycles. The third kappa shape index (κ3) is 4.93. The molecule has 152 valence electrons. The van der Waals surface area contributed by atoms with Crippen LogP contribution in [0.15, 0.2) is 36.4 Å². The van der Waals surface area contributed by atoms with Crippen molar-refractivity contribution in [3.63, 3.8) is 0 Å². The predicted molar refractivity (Wildman–Crippen MR) is 102 cm³/mol. The molecule has 0 aliphatic rings. The number of methoxy groups -OCH3 is 2. The highest BCUT2D eigenvalue weighted by Crippen LogP contribution is 2.42. The summed E-state index contributed by atoms with van der Waals surface area (Å²) in [4.78, 5) is 0. The maximum absolute atomic E-state index is 10.3. The van der Waals surface area contributed by atoms with E-state index in [2.05, 4.69) is 0 Å². The minimum atomic E-state index is -1.33. The Kier molecular flexibility index (Phi) is 7.65. The van der Waals surface area contributed by atoms with Gasteiger partial charge in [0.1, 0.15) is 12.2 Å². The molecule has 0 saturated heterocycles. The van der Waals surface area contributed by atoms with Gasteiger partial charge in [-0.05, 0) is 35.4 Å². The van der Waals surface area contributed by atoms with E-state index in [1.54, 1.807) is 18.2 Å². The van der Waals surface area contributed by atoms with Crippen LogP contribution in [-0.2, 0) is 0 Å². The summed E-state index contributed by atoms with van der Waals surface area (Å²) in [7, 11) is 2.81. The van der Waals surface area contributed by atoms with Crippen LogP contribution in [0, 0.1) is 0 Å². The second kappa shape index (κ2) is 9.95. The zero-order valence-corrected chi connectivity index (χ0v) is 15.6. The molecule has 5 N–H and O–H groups in total. The molecule has 8 nitrogen and oxygen atoms in total. The minimum Gasteiger partial charge on any atom is -0.502 e. The zero-order valence-electron chi connectivity index (χ0n) is 15.6. The van der Waals surface area contributed by atoms with Gasteiger partial charge in [0.15, 0.2) is 23.0 Å². The van der Waals surface area contributed by atoms with Crippen LogP contribution in [0.5, 0.6) is 28.7 Å². The van der Waals surface area contributed by atoms with Crippen LogP contribution >= 0.6 is 0 Å². The van der Waals surface area contributed by atoms with Gasteiger partial charge in [-0.3, -0.25) is 0 Å². The van der Waals surface area contributed by atoms with E-state index in [1.807, 2.05) is 0 Å². The molecule has 0 amide bonds. The fraction of sp³-hybridized carbons (Fsp3) is 0.300. The van der Waals surface area contributed by atoms with Crippen molar-refractivity contribution in [2.45, 2.75) is 12.2 Å². The number of benzene rings is 2. The fourth-order valence-corrected chi connectivity index (χ4v) is 2.51. The predicted octanol–water partition coefficient (Wildman–Crippen LogP) is 1.59. The van der Waals surface area contributed by atoms with Gasteiger partial charge in [-0.15, -0.1) is 0 Å². The van der Waals surface area contributed by atoms with Gasteiger partial charge < -0.3 is 39.7 Å². The maximum Gasteiger partial charge on any atom is 0.201 e. The van der Waals surface area contributed by atoms with Gasteiger partial charge in [-0.2, -0.15) is 0 Å². The Bertz CT molecular complexity index is 818. The maximum atomic E-state index is 10.3. The molecule has 0 aromatic heterocycles. The van der Waals surface area contributed by atoms with Crippen molar-refractivity contribution in [2.75, 3.05) is 27.4 Å². The van der Waals surface area contributed by atoms with E-state index < -0.39 is 18.8 Å². The van der Waals surface area contributed by atoms with Crippen LogP contribution in [-0.4, -0.2) is 59.1 Å². The third-order valence-electron chi connectivity index (χ3n) is 4.00. The van der Waals surface area contributed by atoms with Crippen molar-refractivity contribution in [1.29, 1.82) is 0 Å². The van der Waals surface area contributed by atoms with E-state index in [0.29, 0.717) is 11.1 Å². The van der Waals surface area contributed by atoms with Crippen LogP contribution in [0.1, 0.15) is 17.2 Å². The summed E-state index contributed by atoms with van der Waals surface area (Å²) in [6.45, 7) is -0.736. The topological polar surface area (TPSA) is 129 Å². The molecule has 0 fully saturated rings. The Morgan fingerprint density at radius 1 is 0.929 bits per heavy atom. The van der Waals surface area contributed by atoms with Gasteiger partial charge in [0.25, 0.3) is 0 Å². The van der Waals surface area contributed by atoms with E-state index in [1.165, 1.54) is 38.5 Å². The Labute approximate surface area is 162 Å². The van der Waals surface area contributed by atoms with Crippen molar-refractivity contribution >= 4 is 6.08 Å². The van der Waals surface area contributed by atoms with E-state index in [4.69, 9.17) is 24.4 Å². The molecule has 2 aromatic carbocycles. The van der Waals surface area contributed by atoms with Crippen LogP contribution in [0.2, 0.25) is 0 Å². The SMILES string of the molecule is COc1cc(C(O)C(O)CO)ccc1Oc1cc(/C=C/CO)cc(OC)c1O. The molecule has 2 atom stereocenters. The minimum absolute atomic E-state index is 0.0962. The first-order valence-electron chi connectivity index (χ1n) is 8.46. The number of ether oxygens (including phenoxy) is 3. The Hall–Kier alpha value is -2.78. The Morgan fingerprint density at radius 3 is 2.21 bits per heavy atom. The smallest absolute Gasteiger partial charge is 0.201 e. The van der Waals surface area contributed by atoms with Gasteiger partial charge in [0.2, 0.25) is 5.75 Å². The average molecular weight is 392 g/mol. The van der Waals surface area contributed by atoms with Gasteiger partial charge in [-0.25, -0.2) is 0 Å². The van der Waals surface area contributed by atoms with Crippen LogP contribution in [0.3, 0.4) is 0 Å². The van der Waals surface area contributed by atoms with Gasteiger partial charge >= 0.3 is 0 Å². The third-order valence-corrected chi connectivity index (χ3v) is 4.00. The van der Waals surface area contributed by atoms with Crippen molar-refractivity contribution < 1.29 is 39.7 Å². The monoisotopic (exact) mass is 392 g/mol. The molecule has 2 rings (SSSR count). The molecule has 0 heterocycles. The van der Waals surface area contributed by atoms with Crippen molar-refractivity contribution in [1.82, 2.24) is 0 Å². The molecule has 0 saturated carbocycles. The molecular formula is C20H24O8. The van der Waals surface area contributed by atoms with Crippen molar-refractivity contribution in [3.8, 4) is 28.7 Å². The molecule has 0 aliphatic carbocycles. The lowest BCUT2D eigenvalue weighted by Crippen LogP contribution is -2.22. The molecule has 2 unspecified atom stereocenters. The first-order valence-corrected chi connectivity index (χ1v) is 8.46. The van der Waals surface area contributed by atoms with Gasteiger partial charge in [-0.1, -0.05) is 18.2 Å². The first-order chi connectivity index (χ1) is 13.4. The van der Waals surface area contributed by atoms with E-state index in [-0.39, 0.29) is 35.4 Å². The van der Waals surface area contributed by atoms with E-state index in [9.17, 15) is 15.3 Å². The highest BCUT2D eigenvalue weighted by atomic mass is 16.5. The summed E-state index contributed by atoms with van der Waals surface area (Å²) in [5.41, 5.74) is 0.961. The summed E-state index contributed by atoms with van der Waals surface area (Å²) >= 11 is 0. The quantitative estimate of drug-likeness (QED) is 0.435. The molecule has 8 heteroatoms. The standard InChI is InChI=1S/C20H24O8/c1-26-16-10-13(19(24)14(23)11-22)5-6-15(16)28-18-9-12(4-3-7-21)8-17(27-2)20(18)25/h3-6,8-10,14,19,21-25H,7,11H2,1-2H3/b4-3+. The lowest BCUT2D eigenvalue weighted by molar-refractivity contribution is -0.0153. The van der Waals surface area contributed by atoms with Crippen molar-refractivity contribution in [2.24, 2.45) is 0 Å². The summed E-state index contributed by atoms with van der Waals surface area (Å²) in [6, 6.07) is 7.61. The van der Waals surface area contributed by atoms with E-state index in [0.717, 1.165) is 0 Å². The summed E-state index contributed by atoms with van der Waals surface area (Å²) < 4.78 is 16.2. The number of aromatic hydroxyl groups is 1. The second-order valence-electron chi connectivity index (χ2n) is 5.86. The number of aliphatic hydroxyl groups is 4. The molecule has 0 spiro atoms. The number of hydrogen-bond acceptors (Lipinski definition) is 8. The molecular weight excluding hydrogens is 368 g/mol. The molecule has 0 radical (unpaired) electrons. The van der Waals surface area contributed by atoms with Crippen molar-refractivity contribution in [3.05, 3.63) is 47.5 Å². The Morgan fingerprint density at radius 2 is 1.61 bits per heavy atom. The highest BCUT2D eigenvalue weighted by molar-refractivity contribution is 5.62. The number of hydrogen-bond donors (Lipinski definition) is 5. The summed E-state index contributed by atoms with van der Waals surface area (Å²) in [6.07, 6.45) is 0.536. The normalized spacial score (nSPS) is 13.4. The zero-order chi connectivity index (χ0) is 20.7. The van der Waals surface area contributed by atoms with Gasteiger partial charge in [0.05, 0.1) is 27.4 Å². The number of rotatable bonds is 9.